The molecule has 2 aromatic carbocycles. The van der Waals surface area contributed by atoms with Crippen LogP contribution >= 0.6 is 0 Å². The second kappa shape index (κ2) is 10.3. The van der Waals surface area contributed by atoms with Crippen LogP contribution in [0.15, 0.2) is 71.2 Å². The summed E-state index contributed by atoms with van der Waals surface area (Å²) in [5.74, 6) is -0.139. The Kier molecular flexibility index (Phi) is 7.18. The second-order valence-corrected chi connectivity index (χ2v) is 10.3. The van der Waals surface area contributed by atoms with Crippen molar-refractivity contribution in [1.82, 2.24) is 9.38 Å². The SMILES string of the molecule is Cc1ccc(NC(=O)/C(C#N)=C\c2c(Oc3ccc(C(C)(C)C)cc3)nc3c(C)cccn3c2=O)cc1C. The molecule has 38 heavy (non-hydrogen) atoms. The van der Waals surface area contributed by atoms with Gasteiger partial charge in [0.25, 0.3) is 11.5 Å². The van der Waals surface area contributed by atoms with Crippen molar-refractivity contribution >= 4 is 23.3 Å². The van der Waals surface area contributed by atoms with Crippen molar-refractivity contribution in [3.63, 3.8) is 0 Å². The number of nitrogens with one attached hydrogen (secondary N) is 1. The number of anilines is 1. The van der Waals surface area contributed by atoms with Crippen LogP contribution in [0, 0.1) is 32.1 Å². The molecule has 0 saturated carbocycles. The predicted octanol–water partition coefficient (Wildman–Crippen LogP) is 6.26. The van der Waals surface area contributed by atoms with Crippen molar-refractivity contribution in [1.29, 1.82) is 5.26 Å². The Morgan fingerprint density at radius 1 is 1.03 bits per heavy atom. The molecular formula is C31H30N4O3. The topological polar surface area (TPSA) is 96.5 Å². The Hall–Kier alpha value is -4.70. The van der Waals surface area contributed by atoms with E-state index in [0.717, 1.165) is 22.3 Å². The summed E-state index contributed by atoms with van der Waals surface area (Å²) in [7, 11) is 0. The molecule has 0 fully saturated rings. The van der Waals surface area contributed by atoms with Crippen LogP contribution in [0.1, 0.15) is 48.6 Å². The van der Waals surface area contributed by atoms with E-state index < -0.39 is 11.5 Å². The summed E-state index contributed by atoms with van der Waals surface area (Å²) >= 11 is 0. The maximum atomic E-state index is 13.5. The minimum Gasteiger partial charge on any atom is -0.438 e. The molecule has 4 rings (SSSR count). The minimum atomic E-state index is -0.634. The Bertz CT molecular complexity index is 1670. The second-order valence-electron chi connectivity index (χ2n) is 10.3. The van der Waals surface area contributed by atoms with E-state index in [0.29, 0.717) is 17.1 Å². The normalized spacial score (nSPS) is 11.8. The summed E-state index contributed by atoms with van der Waals surface area (Å²) < 4.78 is 7.47. The fraction of sp³-hybridized carbons (Fsp3) is 0.226. The molecule has 0 saturated heterocycles. The van der Waals surface area contributed by atoms with E-state index in [4.69, 9.17) is 4.74 Å². The number of pyridine rings is 1. The summed E-state index contributed by atoms with van der Waals surface area (Å²) in [5, 5.41) is 12.6. The van der Waals surface area contributed by atoms with Crippen molar-refractivity contribution in [3.8, 4) is 17.7 Å². The lowest BCUT2D eigenvalue weighted by atomic mass is 9.87. The number of rotatable bonds is 5. The monoisotopic (exact) mass is 506 g/mol. The number of fused-ring (bicyclic) bond motifs is 1. The van der Waals surface area contributed by atoms with Gasteiger partial charge in [0.15, 0.2) is 0 Å². The van der Waals surface area contributed by atoms with Crippen LogP contribution in [0.3, 0.4) is 0 Å². The lowest BCUT2D eigenvalue weighted by Crippen LogP contribution is -2.20. The van der Waals surface area contributed by atoms with Crippen molar-refractivity contribution in [3.05, 3.63) is 105 Å². The standard InChI is InChI=1S/C31H30N4O3/c1-19-9-12-24(16-21(19)3)33-28(36)22(18-32)17-26-29(34-27-20(2)8-7-15-35(27)30(26)37)38-25-13-10-23(11-14-25)31(4,5)6/h7-17H,1-6H3,(H,33,36)/b22-17-. The zero-order valence-corrected chi connectivity index (χ0v) is 22.4. The van der Waals surface area contributed by atoms with Gasteiger partial charge in [0, 0.05) is 11.9 Å². The van der Waals surface area contributed by atoms with Gasteiger partial charge in [0.05, 0.1) is 0 Å². The molecule has 0 aliphatic heterocycles. The first-order chi connectivity index (χ1) is 18.0. The molecule has 0 spiro atoms. The molecule has 2 aromatic heterocycles. The highest BCUT2D eigenvalue weighted by atomic mass is 16.5. The van der Waals surface area contributed by atoms with Crippen LogP contribution in [0.5, 0.6) is 11.6 Å². The highest BCUT2D eigenvalue weighted by molar-refractivity contribution is 6.09. The lowest BCUT2D eigenvalue weighted by molar-refractivity contribution is -0.112. The van der Waals surface area contributed by atoms with Crippen molar-refractivity contribution < 1.29 is 9.53 Å². The summed E-state index contributed by atoms with van der Waals surface area (Å²) in [5.41, 5.74) is 4.24. The van der Waals surface area contributed by atoms with Gasteiger partial charge in [-0.2, -0.15) is 10.2 Å². The Labute approximate surface area is 222 Å². The third kappa shape index (κ3) is 5.50. The van der Waals surface area contributed by atoms with Gasteiger partial charge in [-0.1, -0.05) is 45.0 Å². The number of hydrogen-bond acceptors (Lipinski definition) is 5. The lowest BCUT2D eigenvalue weighted by Gasteiger charge is -2.19. The summed E-state index contributed by atoms with van der Waals surface area (Å²) in [6, 6.07) is 18.5. The van der Waals surface area contributed by atoms with Gasteiger partial charge < -0.3 is 10.1 Å². The summed E-state index contributed by atoms with van der Waals surface area (Å²) in [6.45, 7) is 12.1. The van der Waals surface area contributed by atoms with Gasteiger partial charge in [0.1, 0.15) is 28.6 Å². The quantitative estimate of drug-likeness (QED) is 0.255. The maximum Gasteiger partial charge on any atom is 0.269 e. The van der Waals surface area contributed by atoms with Gasteiger partial charge in [0.2, 0.25) is 5.88 Å². The van der Waals surface area contributed by atoms with Gasteiger partial charge in [-0.05, 0) is 84.8 Å². The van der Waals surface area contributed by atoms with Crippen LogP contribution in [0.4, 0.5) is 5.69 Å². The highest BCUT2D eigenvalue weighted by Crippen LogP contribution is 2.28. The van der Waals surface area contributed by atoms with Gasteiger partial charge in [-0.15, -0.1) is 0 Å². The van der Waals surface area contributed by atoms with E-state index in [9.17, 15) is 14.9 Å². The largest absolute Gasteiger partial charge is 0.438 e. The molecule has 0 radical (unpaired) electrons. The average Bonchev–Trinajstić information content (AvgIpc) is 2.86. The average molecular weight is 507 g/mol. The first kappa shape index (κ1) is 26.4. The number of aryl methyl sites for hydroxylation is 3. The molecule has 192 valence electrons. The van der Waals surface area contributed by atoms with Crippen LogP contribution in [-0.4, -0.2) is 15.3 Å². The number of amides is 1. The molecule has 0 aliphatic carbocycles. The van der Waals surface area contributed by atoms with Crippen molar-refractivity contribution in [2.24, 2.45) is 0 Å². The van der Waals surface area contributed by atoms with Gasteiger partial charge in [-0.3, -0.25) is 14.0 Å². The summed E-state index contributed by atoms with van der Waals surface area (Å²) in [4.78, 5) is 31.2. The van der Waals surface area contributed by atoms with Crippen molar-refractivity contribution in [2.45, 2.75) is 47.0 Å². The molecule has 2 heterocycles. The molecule has 1 amide bonds. The van der Waals surface area contributed by atoms with E-state index in [1.807, 2.05) is 69.3 Å². The van der Waals surface area contributed by atoms with E-state index >= 15 is 0 Å². The Morgan fingerprint density at radius 3 is 2.37 bits per heavy atom. The molecule has 4 aromatic rings. The maximum absolute atomic E-state index is 13.5. The fourth-order valence-electron chi connectivity index (χ4n) is 3.94. The number of aromatic nitrogens is 2. The van der Waals surface area contributed by atoms with E-state index in [1.54, 1.807) is 18.3 Å². The summed E-state index contributed by atoms with van der Waals surface area (Å²) in [6.07, 6.45) is 2.83. The zero-order chi connectivity index (χ0) is 27.6. The van der Waals surface area contributed by atoms with Crippen molar-refractivity contribution in [2.75, 3.05) is 5.32 Å². The zero-order valence-electron chi connectivity index (χ0n) is 22.4. The predicted molar refractivity (Wildman–Crippen MR) is 150 cm³/mol. The first-order valence-electron chi connectivity index (χ1n) is 12.3. The third-order valence-corrected chi connectivity index (χ3v) is 6.40. The molecule has 7 heteroatoms. The number of carbonyl (C=O) groups excluding carboxylic acids is 1. The highest BCUT2D eigenvalue weighted by Gasteiger charge is 2.19. The van der Waals surface area contributed by atoms with E-state index in [2.05, 4.69) is 31.1 Å². The Morgan fingerprint density at radius 2 is 1.74 bits per heavy atom. The van der Waals surface area contributed by atoms with Gasteiger partial charge in [-0.25, -0.2) is 0 Å². The minimum absolute atomic E-state index is 0.000199. The molecule has 0 aliphatic rings. The first-order valence-corrected chi connectivity index (χ1v) is 12.3. The molecule has 0 unspecified atom stereocenters. The van der Waals surface area contributed by atoms with Gasteiger partial charge >= 0.3 is 0 Å². The number of nitriles is 1. The fourth-order valence-corrected chi connectivity index (χ4v) is 3.94. The molecule has 0 atom stereocenters. The third-order valence-electron chi connectivity index (χ3n) is 6.40. The van der Waals surface area contributed by atoms with Crippen LogP contribution in [0.25, 0.3) is 11.7 Å². The van der Waals surface area contributed by atoms with Crippen LogP contribution < -0.4 is 15.6 Å². The molecule has 0 bridgehead atoms. The number of nitrogens with zero attached hydrogens (tertiary/aromatic N) is 3. The van der Waals surface area contributed by atoms with Crippen LogP contribution in [-0.2, 0) is 10.2 Å². The molecular weight excluding hydrogens is 476 g/mol. The Balaban J connectivity index is 1.80. The molecule has 7 nitrogen and oxygen atoms in total. The number of hydrogen-bond donors (Lipinski definition) is 1. The number of ether oxygens (including phenoxy) is 1. The van der Waals surface area contributed by atoms with Crippen LogP contribution in [0.2, 0.25) is 0 Å². The smallest absolute Gasteiger partial charge is 0.269 e. The number of carbonyl (C=O) groups is 1. The van der Waals surface area contributed by atoms with E-state index in [1.165, 1.54) is 10.5 Å². The van der Waals surface area contributed by atoms with E-state index in [-0.39, 0.29) is 22.4 Å². The molecule has 1 N–H and O–H groups in total. The number of benzene rings is 2.